The fourth-order valence-electron chi connectivity index (χ4n) is 1.48. The normalized spacial score (nSPS) is 13.1. The van der Waals surface area contributed by atoms with Crippen LogP contribution in [0.5, 0.6) is 0 Å². The Kier molecular flexibility index (Phi) is 8.99. The minimum atomic E-state index is -4.41. The van der Waals surface area contributed by atoms with Gasteiger partial charge in [-0.2, -0.15) is 0 Å². The summed E-state index contributed by atoms with van der Waals surface area (Å²) in [6.45, 7) is 8.23. The van der Waals surface area contributed by atoms with Gasteiger partial charge in [0, 0.05) is 19.0 Å². The summed E-state index contributed by atoms with van der Waals surface area (Å²) in [5.41, 5.74) is 0. The van der Waals surface area contributed by atoms with Gasteiger partial charge in [0.1, 0.15) is 12.4 Å². The molecule has 1 aromatic heterocycles. The van der Waals surface area contributed by atoms with E-state index in [0.29, 0.717) is 0 Å². The lowest BCUT2D eigenvalue weighted by atomic mass is 10.4. The van der Waals surface area contributed by atoms with Crippen LogP contribution >= 0.6 is 0 Å². The Labute approximate surface area is 130 Å². The van der Waals surface area contributed by atoms with Crippen LogP contribution in [-0.4, -0.2) is 37.1 Å². The molecule has 1 saturated heterocycles. The highest BCUT2D eigenvalue weighted by Crippen LogP contribution is 1.95. The summed E-state index contributed by atoms with van der Waals surface area (Å²) >= 11 is 0. The van der Waals surface area contributed by atoms with Crippen molar-refractivity contribution in [2.45, 2.75) is 12.8 Å². The zero-order chi connectivity index (χ0) is 17.2. The Balaban J connectivity index is 0.000000319. The number of carbonyl (C=O) groups is 1. The van der Waals surface area contributed by atoms with Crippen molar-refractivity contribution in [1.29, 1.82) is 0 Å². The van der Waals surface area contributed by atoms with Gasteiger partial charge in [-0.25, -0.2) is 17.6 Å². The summed E-state index contributed by atoms with van der Waals surface area (Å²) in [5.74, 6) is 1.24. The van der Waals surface area contributed by atoms with Gasteiger partial charge in [0.2, 0.25) is 16.3 Å². The van der Waals surface area contributed by atoms with Gasteiger partial charge >= 0.3 is 0 Å². The summed E-state index contributed by atoms with van der Waals surface area (Å²) < 4.78 is 34.9. The van der Waals surface area contributed by atoms with Crippen LogP contribution in [0.25, 0.3) is 12.3 Å². The Morgan fingerprint density at radius 2 is 2.09 bits per heavy atom. The summed E-state index contributed by atoms with van der Waals surface area (Å²) in [7, 11) is -1.63. The summed E-state index contributed by atoms with van der Waals surface area (Å²) in [5, 5.41) is 2.68. The molecule has 0 radical (unpaired) electrons. The lowest BCUT2D eigenvalue weighted by Crippen LogP contribution is -2.29. The molecular weight excluding hydrogens is 310 g/mol. The molecule has 0 spiro atoms. The van der Waals surface area contributed by atoms with Crippen LogP contribution in [0.3, 0.4) is 0 Å². The Morgan fingerprint density at radius 3 is 2.32 bits per heavy atom. The SMILES string of the molecule is C=Cc1n(C=C)cc[n+]1C.COS(=O)(=O)[O-].O=C1CCCN1. The van der Waals surface area contributed by atoms with Crippen LogP contribution in [-0.2, 0) is 26.4 Å². The molecule has 0 saturated carbocycles. The molecule has 0 unspecified atom stereocenters. The van der Waals surface area contributed by atoms with Crippen molar-refractivity contribution >= 4 is 28.6 Å². The minimum absolute atomic E-state index is 0.204. The second-order valence-electron chi connectivity index (χ2n) is 4.09. The van der Waals surface area contributed by atoms with E-state index in [1.165, 1.54) is 0 Å². The van der Waals surface area contributed by atoms with E-state index >= 15 is 0 Å². The number of aryl methyl sites for hydroxylation is 1. The molecule has 1 aliphatic heterocycles. The Hall–Kier alpha value is -1.97. The van der Waals surface area contributed by atoms with Crippen molar-refractivity contribution in [3.8, 4) is 0 Å². The molecular formula is C13H21N3O5S. The van der Waals surface area contributed by atoms with Crippen molar-refractivity contribution in [3.63, 3.8) is 0 Å². The third kappa shape index (κ3) is 8.35. The molecule has 8 nitrogen and oxygen atoms in total. The number of nitrogens with zero attached hydrogens (tertiary/aromatic N) is 2. The van der Waals surface area contributed by atoms with Crippen LogP contribution in [0, 0.1) is 0 Å². The van der Waals surface area contributed by atoms with E-state index in [-0.39, 0.29) is 5.91 Å². The largest absolute Gasteiger partial charge is 0.726 e. The van der Waals surface area contributed by atoms with Crippen LogP contribution in [0.15, 0.2) is 25.6 Å². The lowest BCUT2D eigenvalue weighted by Gasteiger charge is -1.98. The van der Waals surface area contributed by atoms with Gasteiger partial charge < -0.3 is 9.87 Å². The van der Waals surface area contributed by atoms with Crippen molar-refractivity contribution < 1.29 is 26.5 Å². The molecule has 22 heavy (non-hydrogen) atoms. The molecule has 1 aliphatic rings. The van der Waals surface area contributed by atoms with Gasteiger partial charge in [0.15, 0.2) is 0 Å². The van der Waals surface area contributed by atoms with Gasteiger partial charge in [0.25, 0.3) is 5.82 Å². The second-order valence-corrected chi connectivity index (χ2v) is 5.24. The molecule has 0 aliphatic carbocycles. The van der Waals surface area contributed by atoms with E-state index in [2.05, 4.69) is 22.7 Å². The van der Waals surface area contributed by atoms with Crippen molar-refractivity contribution in [2.75, 3.05) is 13.7 Å². The number of hydrogen-bond acceptors (Lipinski definition) is 5. The maximum atomic E-state index is 10.1. The number of imidazole rings is 1. The molecule has 2 heterocycles. The average molecular weight is 331 g/mol. The third-order valence-electron chi connectivity index (χ3n) is 2.56. The zero-order valence-corrected chi connectivity index (χ0v) is 13.5. The number of aromatic nitrogens is 2. The van der Waals surface area contributed by atoms with Gasteiger partial charge in [-0.05, 0) is 6.42 Å². The van der Waals surface area contributed by atoms with E-state index < -0.39 is 10.4 Å². The average Bonchev–Trinajstić information content (AvgIpc) is 3.07. The van der Waals surface area contributed by atoms with E-state index in [4.69, 9.17) is 0 Å². The Morgan fingerprint density at radius 1 is 1.50 bits per heavy atom. The predicted octanol–water partition coefficient (Wildman–Crippen LogP) is 0.0455. The van der Waals surface area contributed by atoms with Crippen LogP contribution in [0.4, 0.5) is 0 Å². The number of carbonyl (C=O) groups excluding carboxylic acids is 1. The van der Waals surface area contributed by atoms with Crippen LogP contribution < -0.4 is 9.88 Å². The third-order valence-corrected chi connectivity index (χ3v) is 2.97. The topological polar surface area (TPSA) is 104 Å². The second kappa shape index (κ2) is 9.87. The van der Waals surface area contributed by atoms with E-state index in [1.807, 2.05) is 28.6 Å². The van der Waals surface area contributed by atoms with E-state index in [9.17, 15) is 17.8 Å². The fraction of sp³-hybridized carbons (Fsp3) is 0.385. The van der Waals surface area contributed by atoms with E-state index in [0.717, 1.165) is 32.3 Å². The molecule has 0 aromatic carbocycles. The first kappa shape index (κ1) is 20.0. The maximum absolute atomic E-state index is 10.1. The molecule has 2 rings (SSSR count). The molecule has 124 valence electrons. The van der Waals surface area contributed by atoms with Gasteiger partial charge in [-0.1, -0.05) is 13.2 Å². The molecule has 1 aromatic rings. The van der Waals surface area contributed by atoms with Gasteiger partial charge in [0.05, 0.1) is 20.4 Å². The van der Waals surface area contributed by atoms with Crippen LogP contribution in [0.1, 0.15) is 18.7 Å². The van der Waals surface area contributed by atoms with Gasteiger partial charge in [-0.3, -0.25) is 8.98 Å². The van der Waals surface area contributed by atoms with Crippen molar-refractivity contribution in [2.24, 2.45) is 7.05 Å². The maximum Gasteiger partial charge on any atom is 0.285 e. The minimum Gasteiger partial charge on any atom is -0.726 e. The van der Waals surface area contributed by atoms with Crippen molar-refractivity contribution in [3.05, 3.63) is 31.4 Å². The molecule has 1 amide bonds. The highest BCUT2D eigenvalue weighted by atomic mass is 32.3. The first-order valence-corrected chi connectivity index (χ1v) is 7.68. The number of nitrogens with one attached hydrogen (secondary N) is 1. The number of rotatable bonds is 3. The summed E-state index contributed by atoms with van der Waals surface area (Å²) in [6.07, 6.45) is 9.19. The smallest absolute Gasteiger partial charge is 0.285 e. The van der Waals surface area contributed by atoms with Crippen LogP contribution in [0.2, 0.25) is 0 Å². The van der Waals surface area contributed by atoms with Crippen molar-refractivity contribution in [1.82, 2.24) is 9.88 Å². The summed E-state index contributed by atoms with van der Waals surface area (Å²) in [4.78, 5) is 10.1. The van der Waals surface area contributed by atoms with Gasteiger partial charge in [-0.15, -0.1) is 0 Å². The predicted molar refractivity (Wildman–Crippen MR) is 81.0 cm³/mol. The molecule has 1 fully saturated rings. The molecule has 9 heteroatoms. The highest BCUT2D eigenvalue weighted by molar-refractivity contribution is 7.80. The first-order valence-electron chi connectivity index (χ1n) is 6.34. The van der Waals surface area contributed by atoms with E-state index in [1.54, 1.807) is 12.3 Å². The number of hydrogen-bond donors (Lipinski definition) is 1. The molecule has 0 atom stereocenters. The molecule has 0 bridgehead atoms. The fourth-order valence-corrected chi connectivity index (χ4v) is 1.48. The standard InChI is InChI=1S/C8H11N2.C4H7NO.CH4O4S/c1-4-8-9(3)6-7-10(8)5-2;6-4-2-1-3-5-4;1-5-6(2,3)4/h4-7H,1-2H2,3H3;1-3H2,(H,5,6);1H3,(H,2,3,4)/q+1;;/p-1. The molecule has 1 N–H and O–H groups in total. The quantitative estimate of drug-likeness (QED) is 0.478. The first-order chi connectivity index (χ1) is 10.2. The summed E-state index contributed by atoms with van der Waals surface area (Å²) in [6, 6.07) is 0. The highest BCUT2D eigenvalue weighted by Gasteiger charge is 2.06. The Bertz CT molecular complexity index is 599. The zero-order valence-electron chi connectivity index (χ0n) is 12.7. The monoisotopic (exact) mass is 331 g/mol. The number of amides is 1. The lowest BCUT2D eigenvalue weighted by molar-refractivity contribution is -0.672.